The van der Waals surface area contributed by atoms with Gasteiger partial charge in [-0.15, -0.1) is 0 Å². The zero-order valence-electron chi connectivity index (χ0n) is 12.5. The monoisotopic (exact) mass is 276 g/mol. The summed E-state index contributed by atoms with van der Waals surface area (Å²) in [6.07, 6.45) is 0.519. The Morgan fingerprint density at radius 1 is 1.40 bits per heavy atom. The van der Waals surface area contributed by atoms with Crippen molar-refractivity contribution in [2.75, 3.05) is 25.0 Å². The minimum atomic E-state index is -0.229. The molecule has 1 aliphatic rings. The number of para-hydroxylation sites is 1. The lowest BCUT2D eigenvalue weighted by atomic mass is 9.97. The van der Waals surface area contributed by atoms with E-state index in [4.69, 9.17) is 0 Å². The van der Waals surface area contributed by atoms with Gasteiger partial charge in [-0.25, -0.2) is 0 Å². The van der Waals surface area contributed by atoms with E-state index in [0.717, 1.165) is 36.3 Å². The number of aliphatic hydroxyl groups is 1. The molecule has 4 nitrogen and oxygen atoms in total. The quantitative estimate of drug-likeness (QED) is 0.887. The molecule has 1 saturated heterocycles. The highest BCUT2D eigenvalue weighted by atomic mass is 16.3. The topological polar surface area (TPSA) is 52.6 Å². The van der Waals surface area contributed by atoms with Crippen LogP contribution in [0.1, 0.15) is 24.5 Å². The van der Waals surface area contributed by atoms with Gasteiger partial charge in [0.05, 0.1) is 12.6 Å². The molecule has 2 N–H and O–H groups in total. The molecule has 2 unspecified atom stereocenters. The molecule has 4 heteroatoms. The van der Waals surface area contributed by atoms with Gasteiger partial charge in [-0.1, -0.05) is 25.1 Å². The van der Waals surface area contributed by atoms with E-state index >= 15 is 0 Å². The molecular formula is C16H24N2O2. The predicted octanol–water partition coefficient (Wildman–Crippen LogP) is 1.94. The van der Waals surface area contributed by atoms with Crippen LogP contribution in [-0.4, -0.2) is 41.7 Å². The molecule has 1 aromatic carbocycles. The highest BCUT2D eigenvalue weighted by Crippen LogP contribution is 2.20. The number of nitrogens with one attached hydrogen (secondary N) is 1. The van der Waals surface area contributed by atoms with Crippen LogP contribution < -0.4 is 5.32 Å². The van der Waals surface area contributed by atoms with Crippen molar-refractivity contribution in [1.29, 1.82) is 0 Å². The SMILES string of the molecule is Cc1cccc(C)c1NC(=O)CN1CCC(O)C(C)C1. The Balaban J connectivity index is 1.93. The zero-order valence-corrected chi connectivity index (χ0v) is 12.5. The van der Waals surface area contributed by atoms with E-state index in [1.165, 1.54) is 0 Å². The Labute approximate surface area is 120 Å². The number of hydrogen-bond acceptors (Lipinski definition) is 3. The van der Waals surface area contributed by atoms with Gasteiger partial charge in [0, 0.05) is 18.8 Å². The molecule has 1 amide bonds. The summed E-state index contributed by atoms with van der Waals surface area (Å²) >= 11 is 0. The molecule has 0 saturated carbocycles. The minimum absolute atomic E-state index is 0.0194. The molecular weight excluding hydrogens is 252 g/mol. The van der Waals surface area contributed by atoms with Gasteiger partial charge >= 0.3 is 0 Å². The first-order chi connectivity index (χ1) is 9.47. The Hall–Kier alpha value is -1.39. The second-order valence-electron chi connectivity index (χ2n) is 5.88. The summed E-state index contributed by atoms with van der Waals surface area (Å²) in [6, 6.07) is 6.00. The fraction of sp³-hybridized carbons (Fsp3) is 0.562. The molecule has 0 aromatic heterocycles. The van der Waals surface area contributed by atoms with E-state index in [9.17, 15) is 9.90 Å². The Bertz CT molecular complexity index is 467. The Kier molecular flexibility index (Phi) is 4.78. The number of amides is 1. The number of rotatable bonds is 3. The first-order valence-electron chi connectivity index (χ1n) is 7.24. The maximum Gasteiger partial charge on any atom is 0.238 e. The van der Waals surface area contributed by atoms with Crippen LogP contribution in [0, 0.1) is 19.8 Å². The number of carbonyl (C=O) groups excluding carboxylic acids is 1. The van der Waals surface area contributed by atoms with Crippen molar-refractivity contribution in [2.45, 2.75) is 33.3 Å². The fourth-order valence-corrected chi connectivity index (χ4v) is 2.76. The highest BCUT2D eigenvalue weighted by Gasteiger charge is 2.25. The fourth-order valence-electron chi connectivity index (χ4n) is 2.76. The van der Waals surface area contributed by atoms with Crippen LogP contribution in [0.2, 0.25) is 0 Å². The van der Waals surface area contributed by atoms with Crippen molar-refractivity contribution in [2.24, 2.45) is 5.92 Å². The van der Waals surface area contributed by atoms with Crippen LogP contribution in [0.25, 0.3) is 0 Å². The largest absolute Gasteiger partial charge is 0.393 e. The van der Waals surface area contributed by atoms with Crippen molar-refractivity contribution in [1.82, 2.24) is 4.90 Å². The Morgan fingerprint density at radius 2 is 2.05 bits per heavy atom. The molecule has 2 rings (SSSR count). The number of nitrogens with zero attached hydrogens (tertiary/aromatic N) is 1. The third-order valence-corrected chi connectivity index (χ3v) is 4.06. The van der Waals surface area contributed by atoms with Crippen LogP contribution in [0.4, 0.5) is 5.69 Å². The molecule has 0 radical (unpaired) electrons. The molecule has 1 aromatic rings. The van der Waals surface area contributed by atoms with Gasteiger partial charge in [-0.3, -0.25) is 9.69 Å². The highest BCUT2D eigenvalue weighted by molar-refractivity contribution is 5.93. The summed E-state index contributed by atoms with van der Waals surface area (Å²) in [5.41, 5.74) is 3.09. The lowest BCUT2D eigenvalue weighted by Gasteiger charge is -2.33. The van der Waals surface area contributed by atoms with Gasteiger partial charge in [-0.2, -0.15) is 0 Å². The van der Waals surface area contributed by atoms with Gasteiger partial charge < -0.3 is 10.4 Å². The number of piperidine rings is 1. The van der Waals surface area contributed by atoms with Gasteiger partial charge in [0.1, 0.15) is 0 Å². The number of anilines is 1. The Morgan fingerprint density at radius 3 is 2.65 bits per heavy atom. The molecule has 0 bridgehead atoms. The van der Waals surface area contributed by atoms with Crippen LogP contribution in [0.15, 0.2) is 18.2 Å². The zero-order chi connectivity index (χ0) is 14.7. The first-order valence-corrected chi connectivity index (χ1v) is 7.24. The maximum atomic E-state index is 12.2. The molecule has 110 valence electrons. The van der Waals surface area contributed by atoms with E-state index in [0.29, 0.717) is 6.54 Å². The summed E-state index contributed by atoms with van der Waals surface area (Å²) in [5, 5.41) is 12.7. The standard InChI is InChI=1S/C16H24N2O2/c1-11-5-4-6-12(2)16(11)17-15(20)10-18-8-7-14(19)13(3)9-18/h4-6,13-14,19H,7-10H2,1-3H3,(H,17,20). The summed E-state index contributed by atoms with van der Waals surface area (Å²) in [6.45, 7) is 7.99. The van der Waals surface area contributed by atoms with E-state index in [-0.39, 0.29) is 17.9 Å². The minimum Gasteiger partial charge on any atom is -0.393 e. The average Bonchev–Trinajstić information content (AvgIpc) is 2.38. The van der Waals surface area contributed by atoms with Crippen molar-refractivity contribution in [3.63, 3.8) is 0 Å². The van der Waals surface area contributed by atoms with E-state index in [1.54, 1.807) is 0 Å². The number of benzene rings is 1. The summed E-state index contributed by atoms with van der Waals surface area (Å²) in [7, 11) is 0. The molecule has 1 heterocycles. The van der Waals surface area contributed by atoms with Gasteiger partial charge in [-0.05, 0) is 37.3 Å². The molecule has 0 aliphatic carbocycles. The number of aliphatic hydroxyl groups excluding tert-OH is 1. The van der Waals surface area contributed by atoms with Gasteiger partial charge in [0.25, 0.3) is 0 Å². The van der Waals surface area contributed by atoms with Crippen molar-refractivity contribution in [3.05, 3.63) is 29.3 Å². The molecule has 1 fully saturated rings. The van der Waals surface area contributed by atoms with Gasteiger partial charge in [0.15, 0.2) is 0 Å². The summed E-state index contributed by atoms with van der Waals surface area (Å²) in [5.74, 6) is 0.253. The number of aryl methyl sites for hydroxylation is 2. The number of hydrogen-bond donors (Lipinski definition) is 2. The first kappa shape index (κ1) is 15.0. The van der Waals surface area contributed by atoms with Crippen molar-refractivity contribution >= 4 is 11.6 Å². The summed E-state index contributed by atoms with van der Waals surface area (Å²) in [4.78, 5) is 14.3. The normalized spacial score (nSPS) is 23.6. The van der Waals surface area contributed by atoms with Crippen LogP contribution >= 0.6 is 0 Å². The molecule has 2 atom stereocenters. The van der Waals surface area contributed by atoms with E-state index in [2.05, 4.69) is 10.2 Å². The van der Waals surface area contributed by atoms with Gasteiger partial charge in [0.2, 0.25) is 5.91 Å². The molecule has 0 spiro atoms. The second-order valence-corrected chi connectivity index (χ2v) is 5.88. The number of carbonyl (C=O) groups is 1. The predicted molar refractivity (Wildman–Crippen MR) is 80.8 cm³/mol. The lowest BCUT2D eigenvalue weighted by Crippen LogP contribution is -2.45. The lowest BCUT2D eigenvalue weighted by molar-refractivity contribution is -0.118. The van der Waals surface area contributed by atoms with Crippen LogP contribution in [0.5, 0.6) is 0 Å². The summed E-state index contributed by atoms with van der Waals surface area (Å²) < 4.78 is 0. The molecule has 20 heavy (non-hydrogen) atoms. The maximum absolute atomic E-state index is 12.2. The molecule has 1 aliphatic heterocycles. The smallest absolute Gasteiger partial charge is 0.238 e. The van der Waals surface area contributed by atoms with E-state index in [1.807, 2.05) is 39.0 Å². The average molecular weight is 276 g/mol. The van der Waals surface area contributed by atoms with Crippen LogP contribution in [0.3, 0.4) is 0 Å². The van der Waals surface area contributed by atoms with Crippen LogP contribution in [-0.2, 0) is 4.79 Å². The van der Waals surface area contributed by atoms with Crippen molar-refractivity contribution in [3.8, 4) is 0 Å². The third kappa shape index (κ3) is 3.58. The van der Waals surface area contributed by atoms with Crippen molar-refractivity contribution < 1.29 is 9.90 Å². The third-order valence-electron chi connectivity index (χ3n) is 4.06. The second kappa shape index (κ2) is 6.37. The van der Waals surface area contributed by atoms with E-state index < -0.39 is 0 Å². The number of likely N-dealkylation sites (tertiary alicyclic amines) is 1.